The van der Waals surface area contributed by atoms with Gasteiger partial charge in [-0.25, -0.2) is 0 Å². The fourth-order valence-corrected chi connectivity index (χ4v) is 2.09. The zero-order valence-corrected chi connectivity index (χ0v) is 11.7. The first-order chi connectivity index (χ1) is 9.29. The van der Waals surface area contributed by atoms with Gasteiger partial charge in [-0.15, -0.1) is 0 Å². The fraction of sp³-hybridized carbons (Fsp3) is 0.375. The molecule has 1 heterocycles. The van der Waals surface area contributed by atoms with E-state index < -0.39 is 0 Å². The average Bonchev–Trinajstić information content (AvgIpc) is 2.92. The van der Waals surface area contributed by atoms with Crippen molar-refractivity contribution in [1.82, 2.24) is 4.90 Å². The molecule has 1 aromatic heterocycles. The maximum absolute atomic E-state index is 5.39. The maximum Gasteiger partial charge on any atom is 0.117 e. The normalized spacial score (nSPS) is 10.9. The Morgan fingerprint density at radius 3 is 2.68 bits per heavy atom. The highest BCUT2D eigenvalue weighted by Gasteiger charge is 2.05. The van der Waals surface area contributed by atoms with E-state index in [9.17, 15) is 0 Å². The molecule has 0 aliphatic heterocycles. The highest BCUT2D eigenvalue weighted by Crippen LogP contribution is 2.12. The molecular formula is C16H22N2O. The van der Waals surface area contributed by atoms with Crippen molar-refractivity contribution in [2.45, 2.75) is 20.4 Å². The number of aryl methyl sites for hydroxylation is 1. The number of hydrogen-bond acceptors (Lipinski definition) is 3. The Bertz CT molecular complexity index is 479. The molecule has 0 aliphatic carbocycles. The van der Waals surface area contributed by atoms with E-state index in [1.165, 1.54) is 11.3 Å². The molecule has 0 amide bonds. The standard InChI is InChI=1S/C16H22N2O/c1-3-18(13-15-8-6-12-19-15)11-10-17-16-9-5-4-7-14(16)2/h4-9,12,17H,3,10-11,13H2,1-2H3. The van der Waals surface area contributed by atoms with E-state index in [1.54, 1.807) is 6.26 Å². The fourth-order valence-electron chi connectivity index (χ4n) is 2.09. The molecule has 0 bridgehead atoms. The molecule has 0 aliphatic rings. The Morgan fingerprint density at radius 2 is 2.00 bits per heavy atom. The van der Waals surface area contributed by atoms with Gasteiger partial charge in [0.1, 0.15) is 5.76 Å². The predicted octanol–water partition coefficient (Wildman–Crippen LogP) is 3.52. The number of furan rings is 1. The molecule has 0 spiro atoms. The van der Waals surface area contributed by atoms with Gasteiger partial charge in [-0.05, 0) is 37.2 Å². The average molecular weight is 258 g/mol. The number of anilines is 1. The molecule has 1 aromatic carbocycles. The Morgan fingerprint density at radius 1 is 1.16 bits per heavy atom. The Hall–Kier alpha value is -1.74. The number of nitrogens with zero attached hydrogens (tertiary/aromatic N) is 1. The second-order valence-corrected chi connectivity index (χ2v) is 4.69. The summed E-state index contributed by atoms with van der Waals surface area (Å²) in [5.74, 6) is 1.03. The molecule has 0 atom stereocenters. The molecule has 0 saturated heterocycles. The lowest BCUT2D eigenvalue weighted by atomic mass is 10.2. The topological polar surface area (TPSA) is 28.4 Å². The van der Waals surface area contributed by atoms with Gasteiger partial charge in [0.25, 0.3) is 0 Å². The Kier molecular flexibility index (Phi) is 5.04. The van der Waals surface area contributed by atoms with Crippen molar-refractivity contribution in [3.8, 4) is 0 Å². The third-order valence-electron chi connectivity index (χ3n) is 3.30. The van der Waals surface area contributed by atoms with Crippen molar-refractivity contribution in [3.05, 3.63) is 54.0 Å². The smallest absolute Gasteiger partial charge is 0.117 e. The van der Waals surface area contributed by atoms with Crippen molar-refractivity contribution in [1.29, 1.82) is 0 Å². The molecule has 0 radical (unpaired) electrons. The van der Waals surface area contributed by atoms with E-state index in [0.717, 1.165) is 31.9 Å². The molecule has 19 heavy (non-hydrogen) atoms. The number of likely N-dealkylation sites (N-methyl/N-ethyl adjacent to an activating group) is 1. The summed E-state index contributed by atoms with van der Waals surface area (Å²) in [6.07, 6.45) is 1.73. The lowest BCUT2D eigenvalue weighted by molar-refractivity contribution is 0.265. The van der Waals surface area contributed by atoms with Crippen LogP contribution in [-0.2, 0) is 6.54 Å². The zero-order valence-electron chi connectivity index (χ0n) is 11.7. The summed E-state index contributed by atoms with van der Waals surface area (Å²) < 4.78 is 5.39. The maximum atomic E-state index is 5.39. The molecule has 2 aromatic rings. The van der Waals surface area contributed by atoms with Crippen LogP contribution in [0.3, 0.4) is 0 Å². The molecule has 0 fully saturated rings. The molecular weight excluding hydrogens is 236 g/mol. The van der Waals surface area contributed by atoms with Gasteiger partial charge >= 0.3 is 0 Å². The summed E-state index contributed by atoms with van der Waals surface area (Å²) in [7, 11) is 0. The quantitative estimate of drug-likeness (QED) is 0.823. The second-order valence-electron chi connectivity index (χ2n) is 4.69. The summed E-state index contributed by atoms with van der Waals surface area (Å²) in [6.45, 7) is 8.15. The summed E-state index contributed by atoms with van der Waals surface area (Å²) in [6, 6.07) is 12.3. The van der Waals surface area contributed by atoms with Gasteiger partial charge in [0.2, 0.25) is 0 Å². The molecule has 1 N–H and O–H groups in total. The Balaban J connectivity index is 1.79. The number of para-hydroxylation sites is 1. The SMILES string of the molecule is CCN(CCNc1ccccc1C)Cc1ccco1. The summed E-state index contributed by atoms with van der Waals surface area (Å²) in [5.41, 5.74) is 2.51. The Labute approximate surface area is 115 Å². The molecule has 0 saturated carbocycles. The van der Waals surface area contributed by atoms with Crippen LogP contribution in [-0.4, -0.2) is 24.5 Å². The van der Waals surface area contributed by atoms with E-state index >= 15 is 0 Å². The summed E-state index contributed by atoms with van der Waals surface area (Å²) >= 11 is 0. The van der Waals surface area contributed by atoms with Crippen LogP contribution < -0.4 is 5.32 Å². The monoisotopic (exact) mass is 258 g/mol. The predicted molar refractivity (Wildman–Crippen MR) is 79.3 cm³/mol. The molecule has 3 heteroatoms. The largest absolute Gasteiger partial charge is 0.468 e. The van der Waals surface area contributed by atoms with Gasteiger partial charge in [-0.3, -0.25) is 4.90 Å². The van der Waals surface area contributed by atoms with Gasteiger partial charge in [0.05, 0.1) is 12.8 Å². The van der Waals surface area contributed by atoms with Crippen molar-refractivity contribution < 1.29 is 4.42 Å². The minimum atomic E-state index is 0.874. The zero-order chi connectivity index (χ0) is 13.5. The van der Waals surface area contributed by atoms with Crippen molar-refractivity contribution in [2.24, 2.45) is 0 Å². The highest BCUT2D eigenvalue weighted by molar-refractivity contribution is 5.50. The minimum absolute atomic E-state index is 0.874. The van der Waals surface area contributed by atoms with Gasteiger partial charge in [-0.2, -0.15) is 0 Å². The van der Waals surface area contributed by atoms with Crippen LogP contribution in [0.25, 0.3) is 0 Å². The van der Waals surface area contributed by atoms with Crippen molar-refractivity contribution >= 4 is 5.69 Å². The summed E-state index contributed by atoms with van der Waals surface area (Å²) in [4.78, 5) is 2.37. The lowest BCUT2D eigenvalue weighted by Gasteiger charge is -2.20. The van der Waals surface area contributed by atoms with Gasteiger partial charge in [-0.1, -0.05) is 25.1 Å². The van der Waals surface area contributed by atoms with E-state index in [1.807, 2.05) is 12.1 Å². The van der Waals surface area contributed by atoms with Gasteiger partial charge < -0.3 is 9.73 Å². The van der Waals surface area contributed by atoms with Crippen molar-refractivity contribution in [2.75, 3.05) is 25.0 Å². The van der Waals surface area contributed by atoms with E-state index in [-0.39, 0.29) is 0 Å². The molecule has 0 unspecified atom stereocenters. The number of hydrogen-bond donors (Lipinski definition) is 1. The molecule has 102 valence electrons. The number of benzene rings is 1. The molecule has 2 rings (SSSR count). The highest BCUT2D eigenvalue weighted by atomic mass is 16.3. The van der Waals surface area contributed by atoms with Crippen molar-refractivity contribution in [3.63, 3.8) is 0 Å². The first-order valence-corrected chi connectivity index (χ1v) is 6.84. The van der Waals surface area contributed by atoms with E-state index in [4.69, 9.17) is 4.42 Å². The van der Waals surface area contributed by atoms with E-state index in [2.05, 4.69) is 48.3 Å². The van der Waals surface area contributed by atoms with Crippen LogP contribution in [0, 0.1) is 6.92 Å². The minimum Gasteiger partial charge on any atom is -0.468 e. The van der Waals surface area contributed by atoms with Crippen LogP contribution in [0.2, 0.25) is 0 Å². The third kappa shape index (κ3) is 4.14. The van der Waals surface area contributed by atoms with Crippen LogP contribution in [0.15, 0.2) is 47.1 Å². The van der Waals surface area contributed by atoms with Crippen LogP contribution in [0.4, 0.5) is 5.69 Å². The first kappa shape index (κ1) is 13.7. The van der Waals surface area contributed by atoms with E-state index in [0.29, 0.717) is 0 Å². The summed E-state index contributed by atoms with van der Waals surface area (Å²) in [5, 5.41) is 3.49. The number of nitrogens with one attached hydrogen (secondary N) is 1. The van der Waals surface area contributed by atoms with Crippen LogP contribution >= 0.6 is 0 Å². The third-order valence-corrected chi connectivity index (χ3v) is 3.30. The number of rotatable bonds is 7. The second kappa shape index (κ2) is 7.00. The molecule has 3 nitrogen and oxygen atoms in total. The van der Waals surface area contributed by atoms with Crippen LogP contribution in [0.1, 0.15) is 18.2 Å². The van der Waals surface area contributed by atoms with Crippen LogP contribution in [0.5, 0.6) is 0 Å². The van der Waals surface area contributed by atoms with Gasteiger partial charge in [0, 0.05) is 18.8 Å². The van der Waals surface area contributed by atoms with Gasteiger partial charge in [0.15, 0.2) is 0 Å². The lowest BCUT2D eigenvalue weighted by Crippen LogP contribution is -2.28. The first-order valence-electron chi connectivity index (χ1n) is 6.84.